The molecule has 17 heavy (non-hydrogen) atoms. The van der Waals surface area contributed by atoms with Crippen LogP contribution in [0.2, 0.25) is 10.0 Å². The molecule has 0 spiro atoms. The Labute approximate surface area is 113 Å². The van der Waals surface area contributed by atoms with Crippen LogP contribution in [0.3, 0.4) is 0 Å². The summed E-state index contributed by atoms with van der Waals surface area (Å²) in [4.78, 5) is 12.4. The van der Waals surface area contributed by atoms with Gasteiger partial charge in [-0.25, -0.2) is 0 Å². The number of amides is 1. The Kier molecular flexibility index (Phi) is 3.72. The van der Waals surface area contributed by atoms with Crippen molar-refractivity contribution in [2.75, 3.05) is 5.32 Å². The number of para-hydroxylation sites is 1. The summed E-state index contributed by atoms with van der Waals surface area (Å²) in [6.07, 6.45) is 0. The number of aryl methyl sites for hydroxylation is 1. The molecule has 0 aliphatic heterocycles. The molecule has 0 aliphatic rings. The molecule has 0 unspecified atom stereocenters. The van der Waals surface area contributed by atoms with E-state index in [1.54, 1.807) is 17.5 Å². The summed E-state index contributed by atoms with van der Waals surface area (Å²) >= 11 is 13.2. The smallest absolute Gasteiger partial charge is 0.267 e. The van der Waals surface area contributed by atoms with Gasteiger partial charge in [0.15, 0.2) is 0 Å². The molecular weight excluding hydrogens is 277 g/mol. The van der Waals surface area contributed by atoms with E-state index in [2.05, 4.69) is 5.32 Å². The molecule has 0 saturated carbocycles. The lowest BCUT2D eigenvalue weighted by molar-refractivity contribution is 0.103. The Morgan fingerprint density at radius 2 is 2.00 bits per heavy atom. The highest BCUT2D eigenvalue weighted by Gasteiger charge is 2.14. The molecule has 1 heterocycles. The van der Waals surface area contributed by atoms with Crippen molar-refractivity contribution in [2.24, 2.45) is 0 Å². The minimum absolute atomic E-state index is 0.235. The molecule has 1 aromatic heterocycles. The van der Waals surface area contributed by atoms with Gasteiger partial charge < -0.3 is 5.32 Å². The zero-order valence-corrected chi connectivity index (χ0v) is 11.3. The maximum atomic E-state index is 12.0. The van der Waals surface area contributed by atoms with E-state index < -0.39 is 0 Å². The molecule has 0 radical (unpaired) electrons. The number of carbonyl (C=O) groups is 1. The van der Waals surface area contributed by atoms with E-state index in [1.807, 2.05) is 19.1 Å². The lowest BCUT2D eigenvalue weighted by Gasteiger charge is -2.09. The van der Waals surface area contributed by atoms with Crippen molar-refractivity contribution in [3.63, 3.8) is 0 Å². The number of carbonyl (C=O) groups excluding carboxylic acids is 1. The molecule has 1 aromatic carbocycles. The molecule has 0 saturated heterocycles. The Bertz CT molecular complexity index is 545. The number of thiophene rings is 1. The van der Waals surface area contributed by atoms with Crippen LogP contribution >= 0.6 is 34.5 Å². The van der Waals surface area contributed by atoms with Crippen LogP contribution in [0, 0.1) is 6.92 Å². The average molecular weight is 286 g/mol. The molecule has 0 aliphatic carbocycles. The number of benzene rings is 1. The van der Waals surface area contributed by atoms with Gasteiger partial charge in [0, 0.05) is 0 Å². The number of rotatable bonds is 2. The monoisotopic (exact) mass is 285 g/mol. The quantitative estimate of drug-likeness (QED) is 0.857. The van der Waals surface area contributed by atoms with E-state index in [-0.39, 0.29) is 5.91 Å². The van der Waals surface area contributed by atoms with Crippen molar-refractivity contribution >= 4 is 46.1 Å². The van der Waals surface area contributed by atoms with Gasteiger partial charge in [-0.1, -0.05) is 35.3 Å². The molecule has 88 valence electrons. The molecule has 0 atom stereocenters. The highest BCUT2D eigenvalue weighted by molar-refractivity contribution is 7.12. The van der Waals surface area contributed by atoms with Crippen molar-refractivity contribution < 1.29 is 4.79 Å². The summed E-state index contributed by atoms with van der Waals surface area (Å²) in [7, 11) is 0. The third-order valence-corrected chi connectivity index (χ3v) is 3.94. The molecule has 0 fully saturated rings. The normalized spacial score (nSPS) is 10.3. The first-order valence-corrected chi connectivity index (χ1v) is 6.52. The minimum atomic E-state index is -0.235. The zero-order chi connectivity index (χ0) is 12.4. The first kappa shape index (κ1) is 12.4. The predicted molar refractivity (Wildman–Crippen MR) is 73.5 cm³/mol. The van der Waals surface area contributed by atoms with Crippen LogP contribution in [0.1, 0.15) is 15.2 Å². The number of hydrogen-bond acceptors (Lipinski definition) is 2. The number of anilines is 1. The van der Waals surface area contributed by atoms with E-state index in [0.29, 0.717) is 20.6 Å². The van der Waals surface area contributed by atoms with Gasteiger partial charge in [-0.2, -0.15) is 0 Å². The zero-order valence-electron chi connectivity index (χ0n) is 8.96. The van der Waals surface area contributed by atoms with Gasteiger partial charge in [0.2, 0.25) is 0 Å². The molecule has 1 amide bonds. The summed E-state index contributed by atoms with van der Waals surface area (Å²) in [5.41, 5.74) is 1.54. The molecule has 2 rings (SSSR count). The van der Waals surface area contributed by atoms with Gasteiger partial charge in [-0.15, -0.1) is 11.3 Å². The average Bonchev–Trinajstić information content (AvgIpc) is 2.70. The van der Waals surface area contributed by atoms with Crippen LogP contribution in [0.15, 0.2) is 29.6 Å². The molecule has 5 heteroatoms. The van der Waals surface area contributed by atoms with Crippen molar-refractivity contribution in [3.05, 3.63) is 50.1 Å². The molecule has 0 bridgehead atoms. The van der Waals surface area contributed by atoms with Gasteiger partial charge in [0.05, 0.1) is 15.7 Å². The van der Waals surface area contributed by atoms with Crippen LogP contribution in [0.4, 0.5) is 5.69 Å². The number of hydrogen-bond donors (Lipinski definition) is 1. The van der Waals surface area contributed by atoms with E-state index in [9.17, 15) is 4.79 Å². The Balaban J connectivity index is 2.28. The van der Waals surface area contributed by atoms with E-state index in [0.717, 1.165) is 5.56 Å². The third kappa shape index (κ3) is 2.63. The lowest BCUT2D eigenvalue weighted by Crippen LogP contribution is -2.12. The highest BCUT2D eigenvalue weighted by atomic mass is 35.5. The van der Waals surface area contributed by atoms with Crippen molar-refractivity contribution in [3.8, 4) is 0 Å². The summed E-state index contributed by atoms with van der Waals surface area (Å²) in [5.74, 6) is -0.235. The van der Waals surface area contributed by atoms with Crippen molar-refractivity contribution in [1.82, 2.24) is 0 Å². The Morgan fingerprint density at radius 1 is 1.24 bits per heavy atom. The predicted octanol–water partition coefficient (Wildman–Crippen LogP) is 4.62. The summed E-state index contributed by atoms with van der Waals surface area (Å²) in [5, 5.41) is 5.53. The Morgan fingerprint density at radius 3 is 2.59 bits per heavy atom. The maximum absolute atomic E-state index is 12.0. The highest BCUT2D eigenvalue weighted by Crippen LogP contribution is 2.28. The largest absolute Gasteiger partial charge is 0.320 e. The first-order valence-electron chi connectivity index (χ1n) is 4.89. The van der Waals surface area contributed by atoms with Gasteiger partial charge in [0.1, 0.15) is 4.88 Å². The van der Waals surface area contributed by atoms with Crippen LogP contribution < -0.4 is 5.32 Å². The van der Waals surface area contributed by atoms with Crippen LogP contribution in [-0.2, 0) is 0 Å². The summed E-state index contributed by atoms with van der Waals surface area (Å²) < 4.78 is 0. The van der Waals surface area contributed by atoms with Gasteiger partial charge in [-0.3, -0.25) is 4.79 Å². The molecule has 2 nitrogen and oxygen atoms in total. The third-order valence-electron chi connectivity index (χ3n) is 2.28. The Hall–Kier alpha value is -1.03. The standard InChI is InChI=1S/C12H9Cl2NOS/c1-7-3-2-4-8(13)10(7)15-12(16)11-9(14)5-6-17-11/h2-6H,1H3,(H,15,16). The molecular formula is C12H9Cl2NOS. The SMILES string of the molecule is Cc1cccc(Cl)c1NC(=O)c1sccc1Cl. The number of nitrogens with one attached hydrogen (secondary N) is 1. The van der Waals surface area contributed by atoms with E-state index >= 15 is 0 Å². The number of halogens is 2. The van der Waals surface area contributed by atoms with Crippen molar-refractivity contribution in [1.29, 1.82) is 0 Å². The maximum Gasteiger partial charge on any atom is 0.267 e. The molecule has 2 aromatic rings. The summed E-state index contributed by atoms with van der Waals surface area (Å²) in [6, 6.07) is 7.16. The second-order valence-corrected chi connectivity index (χ2v) is 5.21. The van der Waals surface area contributed by atoms with Crippen LogP contribution in [0.5, 0.6) is 0 Å². The topological polar surface area (TPSA) is 29.1 Å². The summed E-state index contributed by atoms with van der Waals surface area (Å²) in [6.45, 7) is 1.89. The van der Waals surface area contributed by atoms with E-state index in [4.69, 9.17) is 23.2 Å². The van der Waals surface area contributed by atoms with Crippen LogP contribution in [0.25, 0.3) is 0 Å². The molecule has 1 N–H and O–H groups in total. The van der Waals surface area contributed by atoms with Gasteiger partial charge in [-0.05, 0) is 30.0 Å². The second kappa shape index (κ2) is 5.08. The fourth-order valence-electron chi connectivity index (χ4n) is 1.42. The van der Waals surface area contributed by atoms with Gasteiger partial charge >= 0.3 is 0 Å². The van der Waals surface area contributed by atoms with E-state index in [1.165, 1.54) is 11.3 Å². The fraction of sp³-hybridized carbons (Fsp3) is 0.0833. The fourth-order valence-corrected chi connectivity index (χ4v) is 2.72. The minimum Gasteiger partial charge on any atom is -0.320 e. The van der Waals surface area contributed by atoms with Crippen molar-refractivity contribution in [2.45, 2.75) is 6.92 Å². The second-order valence-electron chi connectivity index (χ2n) is 3.48. The first-order chi connectivity index (χ1) is 8.09. The van der Waals surface area contributed by atoms with Crippen LogP contribution in [-0.4, -0.2) is 5.91 Å². The van der Waals surface area contributed by atoms with Gasteiger partial charge in [0.25, 0.3) is 5.91 Å². The lowest BCUT2D eigenvalue weighted by atomic mass is 10.2.